The van der Waals surface area contributed by atoms with E-state index in [2.05, 4.69) is 5.32 Å². The SMILES string of the molecule is CC1(C)CN(c2cccc(F)c2[N+](=O)[O-])CCN1. The zero-order chi connectivity index (χ0) is 13.3. The van der Waals surface area contributed by atoms with Crippen LogP contribution in [0.25, 0.3) is 0 Å². The van der Waals surface area contributed by atoms with E-state index in [-0.39, 0.29) is 5.54 Å². The van der Waals surface area contributed by atoms with E-state index in [1.165, 1.54) is 6.07 Å². The number of nitro benzene ring substituents is 1. The lowest BCUT2D eigenvalue weighted by Crippen LogP contribution is -2.57. The standard InChI is InChI=1S/C12H16FN3O2/c1-12(2)8-15(7-6-14-12)10-5-3-4-9(13)11(10)16(17)18/h3-5,14H,6-8H2,1-2H3. The zero-order valence-corrected chi connectivity index (χ0v) is 10.4. The van der Waals surface area contributed by atoms with Crippen molar-refractivity contribution >= 4 is 11.4 Å². The molecule has 0 aliphatic carbocycles. The summed E-state index contributed by atoms with van der Waals surface area (Å²) in [7, 11) is 0. The Morgan fingerprint density at radius 1 is 1.50 bits per heavy atom. The Morgan fingerprint density at radius 3 is 2.83 bits per heavy atom. The smallest absolute Gasteiger partial charge is 0.327 e. The van der Waals surface area contributed by atoms with Gasteiger partial charge in [-0.2, -0.15) is 4.39 Å². The van der Waals surface area contributed by atoms with Gasteiger partial charge in [0, 0.05) is 25.2 Å². The van der Waals surface area contributed by atoms with E-state index in [0.29, 0.717) is 18.8 Å². The van der Waals surface area contributed by atoms with Gasteiger partial charge in [0.15, 0.2) is 0 Å². The molecule has 0 unspecified atom stereocenters. The van der Waals surface area contributed by atoms with Crippen molar-refractivity contribution in [1.29, 1.82) is 0 Å². The van der Waals surface area contributed by atoms with Gasteiger partial charge in [-0.25, -0.2) is 0 Å². The van der Waals surface area contributed by atoms with Crippen molar-refractivity contribution in [2.75, 3.05) is 24.5 Å². The molecule has 0 atom stereocenters. The Labute approximate surface area is 105 Å². The van der Waals surface area contributed by atoms with E-state index in [0.717, 1.165) is 12.6 Å². The first-order valence-corrected chi connectivity index (χ1v) is 5.83. The molecule has 0 saturated carbocycles. The highest BCUT2D eigenvalue weighted by molar-refractivity contribution is 5.64. The summed E-state index contributed by atoms with van der Waals surface area (Å²) in [6, 6.07) is 4.23. The van der Waals surface area contributed by atoms with Crippen LogP contribution < -0.4 is 10.2 Å². The van der Waals surface area contributed by atoms with Crippen molar-refractivity contribution in [3.63, 3.8) is 0 Å². The molecule has 1 aromatic rings. The number of hydrogen-bond acceptors (Lipinski definition) is 4. The molecule has 0 amide bonds. The van der Waals surface area contributed by atoms with Crippen LogP contribution in [0.15, 0.2) is 18.2 Å². The fraction of sp³-hybridized carbons (Fsp3) is 0.500. The van der Waals surface area contributed by atoms with Gasteiger partial charge >= 0.3 is 5.69 Å². The van der Waals surface area contributed by atoms with Gasteiger partial charge < -0.3 is 10.2 Å². The van der Waals surface area contributed by atoms with Crippen molar-refractivity contribution in [2.45, 2.75) is 19.4 Å². The lowest BCUT2D eigenvalue weighted by Gasteiger charge is -2.40. The lowest BCUT2D eigenvalue weighted by molar-refractivity contribution is -0.386. The zero-order valence-electron chi connectivity index (χ0n) is 10.4. The topological polar surface area (TPSA) is 58.4 Å². The molecule has 5 nitrogen and oxygen atoms in total. The Bertz CT molecular complexity index is 476. The third-order valence-corrected chi connectivity index (χ3v) is 3.06. The molecule has 1 heterocycles. The predicted molar refractivity (Wildman–Crippen MR) is 67.3 cm³/mol. The van der Waals surface area contributed by atoms with Gasteiger partial charge in [0.2, 0.25) is 5.82 Å². The fourth-order valence-corrected chi connectivity index (χ4v) is 2.29. The molecular formula is C12H16FN3O2. The average molecular weight is 253 g/mol. The maximum atomic E-state index is 13.6. The third kappa shape index (κ3) is 2.43. The van der Waals surface area contributed by atoms with Crippen LogP contribution in [0, 0.1) is 15.9 Å². The van der Waals surface area contributed by atoms with Crippen molar-refractivity contribution in [1.82, 2.24) is 5.32 Å². The first kappa shape index (κ1) is 12.8. The Balaban J connectivity index is 2.39. The average Bonchev–Trinajstić information content (AvgIpc) is 2.26. The third-order valence-electron chi connectivity index (χ3n) is 3.06. The monoisotopic (exact) mass is 253 g/mol. The van der Waals surface area contributed by atoms with E-state index in [1.54, 1.807) is 6.07 Å². The van der Waals surface area contributed by atoms with Crippen LogP contribution in [0.2, 0.25) is 0 Å². The van der Waals surface area contributed by atoms with Crippen LogP contribution in [-0.2, 0) is 0 Å². The van der Waals surface area contributed by atoms with E-state index >= 15 is 0 Å². The number of nitrogens with zero attached hydrogens (tertiary/aromatic N) is 2. The number of para-hydroxylation sites is 1. The number of rotatable bonds is 2. The van der Waals surface area contributed by atoms with Gasteiger partial charge in [0.1, 0.15) is 5.69 Å². The minimum Gasteiger partial charge on any atom is -0.363 e. The van der Waals surface area contributed by atoms with Gasteiger partial charge in [-0.15, -0.1) is 0 Å². The van der Waals surface area contributed by atoms with Gasteiger partial charge in [-0.1, -0.05) is 6.07 Å². The van der Waals surface area contributed by atoms with Crippen molar-refractivity contribution < 1.29 is 9.31 Å². The minimum absolute atomic E-state index is 0.140. The molecule has 98 valence electrons. The molecular weight excluding hydrogens is 237 g/mol. The fourth-order valence-electron chi connectivity index (χ4n) is 2.29. The Morgan fingerprint density at radius 2 is 2.22 bits per heavy atom. The number of nitro groups is 1. The molecule has 0 aromatic heterocycles. The van der Waals surface area contributed by atoms with Crippen LogP contribution in [0.5, 0.6) is 0 Å². The second-order valence-electron chi connectivity index (χ2n) is 5.10. The number of anilines is 1. The summed E-state index contributed by atoms with van der Waals surface area (Å²) in [5.74, 6) is -0.783. The molecule has 6 heteroatoms. The normalized spacial score (nSPS) is 18.7. The molecule has 1 saturated heterocycles. The second-order valence-corrected chi connectivity index (χ2v) is 5.10. The predicted octanol–water partition coefficient (Wildman–Crippen LogP) is 1.92. The largest absolute Gasteiger partial charge is 0.363 e. The van der Waals surface area contributed by atoms with E-state index in [1.807, 2.05) is 18.7 Å². The first-order chi connectivity index (χ1) is 8.41. The molecule has 2 rings (SSSR count). The maximum absolute atomic E-state index is 13.6. The van der Waals surface area contributed by atoms with Crippen molar-refractivity contribution in [2.24, 2.45) is 0 Å². The number of halogens is 1. The van der Waals surface area contributed by atoms with E-state index < -0.39 is 16.4 Å². The summed E-state index contributed by atoms with van der Waals surface area (Å²) in [4.78, 5) is 12.2. The highest BCUT2D eigenvalue weighted by atomic mass is 19.1. The Hall–Kier alpha value is -1.69. The van der Waals surface area contributed by atoms with Gasteiger partial charge in [0.05, 0.1) is 4.92 Å². The summed E-state index contributed by atoms with van der Waals surface area (Å²) in [5.41, 5.74) is -0.219. The molecule has 1 fully saturated rings. The Kier molecular flexibility index (Phi) is 3.21. The van der Waals surface area contributed by atoms with Crippen LogP contribution in [0.3, 0.4) is 0 Å². The number of nitrogens with one attached hydrogen (secondary N) is 1. The van der Waals surface area contributed by atoms with Gasteiger partial charge in [0.25, 0.3) is 0 Å². The summed E-state index contributed by atoms with van der Waals surface area (Å²) in [6.07, 6.45) is 0. The molecule has 18 heavy (non-hydrogen) atoms. The number of hydrogen-bond donors (Lipinski definition) is 1. The molecule has 1 aromatic carbocycles. The van der Waals surface area contributed by atoms with Crippen molar-refractivity contribution in [3.8, 4) is 0 Å². The minimum atomic E-state index is -0.783. The highest BCUT2D eigenvalue weighted by Crippen LogP contribution is 2.32. The first-order valence-electron chi connectivity index (χ1n) is 5.83. The van der Waals surface area contributed by atoms with E-state index in [9.17, 15) is 14.5 Å². The summed E-state index contributed by atoms with van der Waals surface area (Å²) < 4.78 is 13.6. The number of piperazine rings is 1. The van der Waals surface area contributed by atoms with Crippen LogP contribution in [0.4, 0.5) is 15.8 Å². The summed E-state index contributed by atoms with van der Waals surface area (Å²) >= 11 is 0. The molecule has 0 spiro atoms. The molecule has 0 bridgehead atoms. The van der Waals surface area contributed by atoms with Crippen molar-refractivity contribution in [3.05, 3.63) is 34.1 Å². The van der Waals surface area contributed by atoms with Gasteiger partial charge in [-0.05, 0) is 26.0 Å². The summed E-state index contributed by atoms with van der Waals surface area (Å²) in [5, 5.41) is 14.3. The lowest BCUT2D eigenvalue weighted by atomic mass is 10.0. The van der Waals surface area contributed by atoms with E-state index in [4.69, 9.17) is 0 Å². The molecule has 1 N–H and O–H groups in total. The molecule has 1 aliphatic heterocycles. The molecule has 0 radical (unpaired) electrons. The van der Waals surface area contributed by atoms with Crippen LogP contribution in [0.1, 0.15) is 13.8 Å². The molecule has 1 aliphatic rings. The highest BCUT2D eigenvalue weighted by Gasteiger charge is 2.30. The second kappa shape index (κ2) is 4.53. The number of benzene rings is 1. The maximum Gasteiger partial charge on any atom is 0.327 e. The quantitative estimate of drug-likeness (QED) is 0.646. The van der Waals surface area contributed by atoms with Gasteiger partial charge in [-0.3, -0.25) is 10.1 Å². The summed E-state index contributed by atoms with van der Waals surface area (Å²) in [6.45, 7) is 6.00. The van der Waals surface area contributed by atoms with Crippen LogP contribution in [-0.4, -0.2) is 30.1 Å². The van der Waals surface area contributed by atoms with Crippen LogP contribution >= 0.6 is 0 Å².